The Hall–Kier alpha value is -2.67. The summed E-state index contributed by atoms with van der Waals surface area (Å²) in [6.45, 7) is 16.0. The third-order valence-corrected chi connectivity index (χ3v) is 27.4. The molecule has 0 saturated carbocycles. The topological polar surface area (TPSA) is 18.5 Å². The molecule has 5 rings (SSSR count). The first-order valence-electron chi connectivity index (χ1n) is 16.3. The van der Waals surface area contributed by atoms with Crippen molar-refractivity contribution in [1.29, 1.82) is 0 Å². The molecule has 3 aromatic rings. The quantitative estimate of drug-likeness (QED) is 0.156. The Labute approximate surface area is 256 Å². The van der Waals surface area contributed by atoms with Crippen molar-refractivity contribution in [2.45, 2.75) is 91.8 Å². The van der Waals surface area contributed by atoms with Crippen LogP contribution < -0.4 is 20.3 Å². The van der Waals surface area contributed by atoms with Gasteiger partial charge in [0.15, 0.2) is 0 Å². The molecule has 222 valence electrons. The van der Waals surface area contributed by atoms with E-state index >= 15 is 0 Å². The normalized spacial score (nSPS) is 23.3. The molecule has 0 radical (unpaired) electrons. The second-order valence-corrected chi connectivity index (χ2v) is 25.5. The van der Waals surface area contributed by atoms with E-state index in [1.807, 2.05) is 0 Å². The van der Waals surface area contributed by atoms with Gasteiger partial charge >= 0.3 is 0 Å². The van der Waals surface area contributed by atoms with Crippen LogP contribution in [-0.4, -0.2) is 34.5 Å². The van der Waals surface area contributed by atoms with E-state index < -0.39 is 15.2 Å². The van der Waals surface area contributed by atoms with Crippen LogP contribution in [0.4, 0.5) is 0 Å². The van der Waals surface area contributed by atoms with Crippen molar-refractivity contribution in [2.24, 2.45) is 0 Å². The van der Waals surface area contributed by atoms with E-state index in [1.54, 1.807) is 15.6 Å². The van der Waals surface area contributed by atoms with Gasteiger partial charge in [0.25, 0.3) is 0 Å². The molecule has 4 heteroatoms. The average Bonchev–Trinajstić information content (AvgIpc) is 3.02. The predicted molar refractivity (Wildman–Crippen MR) is 186 cm³/mol. The molecule has 1 aliphatic heterocycles. The Morgan fingerprint density at radius 2 is 1.33 bits per heavy atom. The molecule has 1 heterocycles. The number of hydrogen-bond donors (Lipinski definition) is 0. The van der Waals surface area contributed by atoms with Crippen molar-refractivity contribution in [2.75, 3.05) is 13.2 Å². The zero-order valence-corrected chi connectivity index (χ0v) is 28.8. The van der Waals surface area contributed by atoms with E-state index in [9.17, 15) is 0 Å². The molecule has 0 bridgehead atoms. The van der Waals surface area contributed by atoms with Gasteiger partial charge in [-0.25, -0.2) is 0 Å². The number of allylic oxidation sites excluding steroid dienone is 2. The number of unbranched alkanes of at least 4 members (excludes halogenated alkanes) is 4. The lowest BCUT2D eigenvalue weighted by atomic mass is 9.90. The fraction of sp³-hybridized carbons (Fsp3) is 0.421. The fourth-order valence-corrected chi connectivity index (χ4v) is 23.5. The van der Waals surface area contributed by atoms with Crippen LogP contribution in [0.25, 0.3) is 5.57 Å². The molecule has 3 atom stereocenters. The molecule has 0 saturated heterocycles. The van der Waals surface area contributed by atoms with Gasteiger partial charge in [-0.2, -0.15) is 0 Å². The highest BCUT2D eigenvalue weighted by molar-refractivity contribution is 7.58. The van der Waals surface area contributed by atoms with Gasteiger partial charge in [0.05, 0.1) is 12.7 Å². The van der Waals surface area contributed by atoms with E-state index in [-0.39, 0.29) is 6.10 Å². The molecular weight excluding hydrogens is 545 g/mol. The summed E-state index contributed by atoms with van der Waals surface area (Å²) < 4.78 is 13.1. The van der Waals surface area contributed by atoms with Crippen LogP contribution in [0.5, 0.6) is 5.75 Å². The summed E-state index contributed by atoms with van der Waals surface area (Å²) in [5.74, 6) is 1.05. The number of ether oxygens (including phenoxy) is 2. The van der Waals surface area contributed by atoms with Crippen molar-refractivity contribution >= 4 is 36.3 Å². The van der Waals surface area contributed by atoms with Crippen LogP contribution in [0.1, 0.15) is 76.8 Å². The van der Waals surface area contributed by atoms with E-state index in [1.165, 1.54) is 53.1 Å². The first-order chi connectivity index (χ1) is 20.4. The van der Waals surface area contributed by atoms with E-state index in [2.05, 4.69) is 120 Å². The summed E-state index contributed by atoms with van der Waals surface area (Å²) >= 11 is 0. The maximum Gasteiger partial charge on any atom is 0.122 e. The van der Waals surface area contributed by atoms with E-state index in [0.717, 1.165) is 38.2 Å². The van der Waals surface area contributed by atoms with Gasteiger partial charge in [-0.3, -0.25) is 0 Å². The highest BCUT2D eigenvalue weighted by Gasteiger charge is 2.58. The Morgan fingerprint density at radius 1 is 0.738 bits per heavy atom. The van der Waals surface area contributed by atoms with Gasteiger partial charge in [-0.15, -0.1) is 0 Å². The van der Waals surface area contributed by atoms with Crippen LogP contribution in [0.2, 0.25) is 13.1 Å². The Kier molecular flexibility index (Phi) is 9.76. The predicted octanol–water partition coefficient (Wildman–Crippen LogP) is 8.05. The van der Waals surface area contributed by atoms with Crippen LogP contribution in [-0.2, 0) is 4.74 Å². The van der Waals surface area contributed by atoms with E-state index in [0.29, 0.717) is 0 Å². The van der Waals surface area contributed by atoms with Gasteiger partial charge in [-0.1, -0.05) is 141 Å². The Morgan fingerprint density at radius 3 is 1.95 bits per heavy atom. The maximum atomic E-state index is 6.61. The Bertz CT molecular complexity index is 1430. The average molecular weight is 595 g/mol. The molecule has 2 nitrogen and oxygen atoms in total. The molecule has 0 aromatic heterocycles. The van der Waals surface area contributed by atoms with Crippen molar-refractivity contribution in [1.82, 2.24) is 0 Å². The van der Waals surface area contributed by atoms with Crippen LogP contribution in [0.15, 0.2) is 89.6 Å². The SMILES string of the molecule is CCCCCOc1cc2c(cc1C)[Si](C)(c1ccccc1)[Si](C)(c1ccccc1)C1=C2CC(OCCCCC)C(C)=C1. The molecule has 2 aliphatic rings. The molecule has 3 aromatic carbocycles. The molecule has 0 N–H and O–H groups in total. The molecule has 1 aliphatic carbocycles. The number of rotatable bonds is 12. The number of aryl methyl sites for hydroxylation is 1. The molecule has 0 fully saturated rings. The Balaban J connectivity index is 1.73. The van der Waals surface area contributed by atoms with Crippen molar-refractivity contribution in [3.05, 3.63) is 101 Å². The van der Waals surface area contributed by atoms with Crippen molar-refractivity contribution < 1.29 is 9.47 Å². The second kappa shape index (κ2) is 13.3. The fourth-order valence-electron chi connectivity index (χ4n) is 7.34. The van der Waals surface area contributed by atoms with Gasteiger partial charge in [-0.05, 0) is 60.2 Å². The molecule has 42 heavy (non-hydrogen) atoms. The lowest BCUT2D eigenvalue weighted by molar-refractivity contribution is 0.0772. The number of fused-ring (bicyclic) bond motifs is 2. The minimum atomic E-state index is -2.28. The first kappa shape index (κ1) is 30.8. The number of benzene rings is 3. The zero-order chi connectivity index (χ0) is 29.7. The lowest BCUT2D eigenvalue weighted by Gasteiger charge is -2.52. The van der Waals surface area contributed by atoms with Crippen LogP contribution in [0, 0.1) is 6.92 Å². The van der Waals surface area contributed by atoms with Gasteiger partial charge in [0, 0.05) is 13.0 Å². The zero-order valence-electron chi connectivity index (χ0n) is 26.8. The summed E-state index contributed by atoms with van der Waals surface area (Å²) in [6.07, 6.45) is 10.8. The molecule has 3 unspecified atom stereocenters. The smallest absolute Gasteiger partial charge is 0.122 e. The van der Waals surface area contributed by atoms with Gasteiger partial charge in [0.2, 0.25) is 0 Å². The third-order valence-electron chi connectivity index (χ3n) is 10.1. The second-order valence-electron chi connectivity index (χ2n) is 12.8. The van der Waals surface area contributed by atoms with Crippen molar-refractivity contribution in [3.8, 4) is 5.75 Å². The summed E-state index contributed by atoms with van der Waals surface area (Å²) in [5, 5.41) is 6.29. The van der Waals surface area contributed by atoms with Crippen LogP contribution >= 0.6 is 0 Å². The largest absolute Gasteiger partial charge is 0.493 e. The van der Waals surface area contributed by atoms with Crippen LogP contribution in [0.3, 0.4) is 0 Å². The van der Waals surface area contributed by atoms with Gasteiger partial charge < -0.3 is 9.47 Å². The van der Waals surface area contributed by atoms with Crippen molar-refractivity contribution in [3.63, 3.8) is 0 Å². The maximum absolute atomic E-state index is 6.61. The molecule has 0 spiro atoms. The number of hydrogen-bond acceptors (Lipinski definition) is 2. The summed E-state index contributed by atoms with van der Waals surface area (Å²) in [5.41, 5.74) is 5.58. The molecular formula is C38H50O2Si2. The minimum absolute atomic E-state index is 0.139. The summed E-state index contributed by atoms with van der Waals surface area (Å²) in [6, 6.07) is 28.0. The summed E-state index contributed by atoms with van der Waals surface area (Å²) in [7, 11) is -4.55. The monoisotopic (exact) mass is 594 g/mol. The third kappa shape index (κ3) is 5.54. The highest BCUT2D eigenvalue weighted by atomic mass is 29.3. The van der Waals surface area contributed by atoms with E-state index in [4.69, 9.17) is 9.47 Å². The highest BCUT2D eigenvalue weighted by Crippen LogP contribution is 2.45. The lowest BCUT2D eigenvalue weighted by Crippen LogP contribution is -2.81. The first-order valence-corrected chi connectivity index (χ1v) is 22.3. The van der Waals surface area contributed by atoms with Gasteiger partial charge in [0.1, 0.15) is 20.9 Å². The summed E-state index contributed by atoms with van der Waals surface area (Å²) in [4.78, 5) is 0. The molecule has 0 amide bonds. The minimum Gasteiger partial charge on any atom is -0.493 e. The standard InChI is InChI=1S/C38H50O2Si2/c1-7-9-17-23-39-35-27-33-34-28-36(40-24-18-10-8-2)30(4)26-38(34)42(6,32-21-15-12-16-22-32)41(5,37(33)25-29(35)3)31-19-13-11-14-20-31/h11-16,19-22,25-27,36H,7-10,17-18,23-24,28H2,1-6H3.